The second kappa shape index (κ2) is 7.40. The van der Waals surface area contributed by atoms with Gasteiger partial charge in [-0.15, -0.1) is 0 Å². The van der Waals surface area contributed by atoms with Crippen LogP contribution in [0.1, 0.15) is 49.3 Å². The van der Waals surface area contributed by atoms with E-state index in [1.54, 1.807) is 18.2 Å². The molecule has 0 aliphatic heterocycles. The molecule has 0 saturated carbocycles. The fourth-order valence-electron chi connectivity index (χ4n) is 3.34. The molecule has 1 N–H and O–H groups in total. The van der Waals surface area contributed by atoms with Gasteiger partial charge in [0.15, 0.2) is 0 Å². The van der Waals surface area contributed by atoms with Crippen LogP contribution in [0.5, 0.6) is 5.75 Å². The molecule has 0 spiro atoms. The van der Waals surface area contributed by atoms with E-state index in [4.69, 9.17) is 10.00 Å². The van der Waals surface area contributed by atoms with Gasteiger partial charge in [-0.2, -0.15) is 5.26 Å². The van der Waals surface area contributed by atoms with E-state index >= 15 is 0 Å². The van der Waals surface area contributed by atoms with Crippen molar-refractivity contribution in [1.29, 1.82) is 5.26 Å². The van der Waals surface area contributed by atoms with Crippen LogP contribution in [-0.2, 0) is 11.2 Å². The lowest BCUT2D eigenvalue weighted by Crippen LogP contribution is -2.16. The minimum absolute atomic E-state index is 0.00898. The summed E-state index contributed by atoms with van der Waals surface area (Å²) in [5.74, 6) is 0.796. The highest BCUT2D eigenvalue weighted by molar-refractivity contribution is 5.93. The molecule has 1 aliphatic carbocycles. The predicted octanol–water partition coefficient (Wildman–Crippen LogP) is 4.40. The normalized spacial score (nSPS) is 15.5. The lowest BCUT2D eigenvalue weighted by atomic mass is 9.97. The molecule has 1 aliphatic rings. The molecule has 25 heavy (non-hydrogen) atoms. The summed E-state index contributed by atoms with van der Waals surface area (Å²) < 4.78 is 5.75. The molecule has 0 saturated heterocycles. The Balaban J connectivity index is 1.74. The first kappa shape index (κ1) is 17.0. The third kappa shape index (κ3) is 4.00. The van der Waals surface area contributed by atoms with Crippen molar-refractivity contribution in [3.63, 3.8) is 0 Å². The van der Waals surface area contributed by atoms with Crippen LogP contribution in [0, 0.1) is 11.3 Å². The Morgan fingerprint density at radius 3 is 2.88 bits per heavy atom. The number of carbonyl (C=O) groups excluding carboxylic acids is 1. The van der Waals surface area contributed by atoms with Gasteiger partial charge < -0.3 is 10.1 Å². The summed E-state index contributed by atoms with van der Waals surface area (Å²) >= 11 is 0. The summed E-state index contributed by atoms with van der Waals surface area (Å²) in [5, 5.41) is 12.0. The Hall–Kier alpha value is -2.80. The fraction of sp³-hybridized carbons (Fsp3) is 0.333. The molecule has 2 aromatic carbocycles. The molecule has 0 radical (unpaired) electrons. The van der Waals surface area contributed by atoms with Crippen molar-refractivity contribution in [2.24, 2.45) is 0 Å². The molecule has 0 aromatic heterocycles. The van der Waals surface area contributed by atoms with Gasteiger partial charge in [-0.1, -0.05) is 24.3 Å². The van der Waals surface area contributed by atoms with Gasteiger partial charge in [0, 0.05) is 6.42 Å². The Bertz CT molecular complexity index is 821. The maximum absolute atomic E-state index is 12.6. The summed E-state index contributed by atoms with van der Waals surface area (Å²) in [6.07, 6.45) is 2.46. The van der Waals surface area contributed by atoms with E-state index in [1.807, 2.05) is 26.0 Å². The van der Waals surface area contributed by atoms with Crippen molar-refractivity contribution < 1.29 is 9.53 Å². The molecule has 0 heterocycles. The third-order valence-corrected chi connectivity index (χ3v) is 4.43. The summed E-state index contributed by atoms with van der Waals surface area (Å²) in [5.41, 5.74) is 3.68. The van der Waals surface area contributed by atoms with E-state index in [2.05, 4.69) is 23.5 Å². The van der Waals surface area contributed by atoms with Gasteiger partial charge in [0.2, 0.25) is 5.91 Å². The van der Waals surface area contributed by atoms with E-state index < -0.39 is 0 Å². The van der Waals surface area contributed by atoms with Crippen LogP contribution in [-0.4, -0.2) is 12.0 Å². The van der Waals surface area contributed by atoms with Crippen LogP contribution >= 0.6 is 0 Å². The standard InChI is InChI=1S/C21H22N2O2/c1-14(2)25-20-10-7-15(13-22)11-19(20)23-21(24)12-17-9-8-16-5-3-4-6-18(16)17/h3-7,10-11,14,17H,8-9,12H2,1-2H3,(H,23,24). The van der Waals surface area contributed by atoms with Crippen LogP contribution in [0.4, 0.5) is 5.69 Å². The molecule has 4 heteroatoms. The Morgan fingerprint density at radius 1 is 1.32 bits per heavy atom. The van der Waals surface area contributed by atoms with Gasteiger partial charge in [0.1, 0.15) is 5.75 Å². The Kier molecular flexibility index (Phi) is 5.04. The predicted molar refractivity (Wildman–Crippen MR) is 97.7 cm³/mol. The SMILES string of the molecule is CC(C)Oc1ccc(C#N)cc1NC(=O)CC1CCc2ccccc21. The highest BCUT2D eigenvalue weighted by atomic mass is 16.5. The number of fused-ring (bicyclic) bond motifs is 1. The van der Waals surface area contributed by atoms with Gasteiger partial charge in [-0.25, -0.2) is 0 Å². The number of nitriles is 1. The first-order valence-electron chi connectivity index (χ1n) is 8.65. The largest absolute Gasteiger partial charge is 0.489 e. The summed E-state index contributed by atoms with van der Waals surface area (Å²) in [4.78, 5) is 12.6. The van der Waals surface area contributed by atoms with Crippen LogP contribution in [0.2, 0.25) is 0 Å². The first-order valence-corrected chi connectivity index (χ1v) is 8.65. The average Bonchev–Trinajstić information content (AvgIpc) is 2.99. The maximum Gasteiger partial charge on any atom is 0.225 e. The molecule has 1 atom stereocenters. The Morgan fingerprint density at radius 2 is 2.12 bits per heavy atom. The smallest absolute Gasteiger partial charge is 0.225 e. The minimum atomic E-state index is -0.0506. The second-order valence-corrected chi connectivity index (χ2v) is 6.68. The molecule has 0 bridgehead atoms. The van der Waals surface area contributed by atoms with Gasteiger partial charge in [0.25, 0.3) is 0 Å². The zero-order valence-corrected chi connectivity index (χ0v) is 14.6. The van der Waals surface area contributed by atoms with Crippen molar-refractivity contribution in [1.82, 2.24) is 0 Å². The summed E-state index contributed by atoms with van der Waals surface area (Å²) in [6.45, 7) is 3.86. The number of nitrogens with zero attached hydrogens (tertiary/aromatic N) is 1. The maximum atomic E-state index is 12.6. The number of aryl methyl sites for hydroxylation is 1. The number of anilines is 1. The zero-order chi connectivity index (χ0) is 17.8. The number of amides is 1. The number of benzene rings is 2. The van der Waals surface area contributed by atoms with Crippen molar-refractivity contribution in [3.05, 3.63) is 59.2 Å². The number of rotatable bonds is 5. The van der Waals surface area contributed by atoms with E-state index in [-0.39, 0.29) is 17.9 Å². The lowest BCUT2D eigenvalue weighted by molar-refractivity contribution is -0.116. The molecular formula is C21H22N2O2. The van der Waals surface area contributed by atoms with Crippen molar-refractivity contribution in [2.75, 3.05) is 5.32 Å². The quantitative estimate of drug-likeness (QED) is 0.881. The molecule has 0 fully saturated rings. The molecule has 2 aromatic rings. The molecule has 1 unspecified atom stereocenters. The highest BCUT2D eigenvalue weighted by Gasteiger charge is 2.24. The molecule has 128 valence electrons. The molecule has 3 rings (SSSR count). The monoisotopic (exact) mass is 334 g/mol. The van der Waals surface area contributed by atoms with E-state index in [0.717, 1.165) is 12.8 Å². The van der Waals surface area contributed by atoms with Gasteiger partial charge >= 0.3 is 0 Å². The van der Waals surface area contributed by atoms with Crippen LogP contribution in [0.15, 0.2) is 42.5 Å². The number of carbonyl (C=O) groups is 1. The number of ether oxygens (including phenoxy) is 1. The molecular weight excluding hydrogens is 312 g/mol. The van der Waals surface area contributed by atoms with Crippen LogP contribution in [0.25, 0.3) is 0 Å². The third-order valence-electron chi connectivity index (χ3n) is 4.43. The van der Waals surface area contributed by atoms with Gasteiger partial charge in [-0.05, 0) is 61.9 Å². The van der Waals surface area contributed by atoms with Crippen molar-refractivity contribution in [3.8, 4) is 11.8 Å². The lowest BCUT2D eigenvalue weighted by Gasteiger charge is -2.16. The van der Waals surface area contributed by atoms with Crippen LogP contribution in [0.3, 0.4) is 0 Å². The Labute approximate surface area is 148 Å². The van der Waals surface area contributed by atoms with Crippen molar-refractivity contribution >= 4 is 11.6 Å². The number of nitrogens with one attached hydrogen (secondary N) is 1. The average molecular weight is 334 g/mol. The van der Waals surface area contributed by atoms with Gasteiger partial charge in [0.05, 0.1) is 23.4 Å². The fourth-order valence-corrected chi connectivity index (χ4v) is 3.34. The highest BCUT2D eigenvalue weighted by Crippen LogP contribution is 2.36. The number of hydrogen-bond acceptors (Lipinski definition) is 3. The molecule has 1 amide bonds. The topological polar surface area (TPSA) is 62.1 Å². The first-order chi connectivity index (χ1) is 12.1. The second-order valence-electron chi connectivity index (χ2n) is 6.68. The molecule has 4 nitrogen and oxygen atoms in total. The zero-order valence-electron chi connectivity index (χ0n) is 14.6. The van der Waals surface area contributed by atoms with Crippen LogP contribution < -0.4 is 10.1 Å². The van der Waals surface area contributed by atoms with E-state index in [1.165, 1.54) is 11.1 Å². The van der Waals surface area contributed by atoms with Gasteiger partial charge in [-0.3, -0.25) is 4.79 Å². The summed E-state index contributed by atoms with van der Waals surface area (Å²) in [7, 11) is 0. The van der Waals surface area contributed by atoms with E-state index in [0.29, 0.717) is 23.4 Å². The van der Waals surface area contributed by atoms with Crippen molar-refractivity contribution in [2.45, 2.75) is 45.1 Å². The number of hydrogen-bond donors (Lipinski definition) is 1. The minimum Gasteiger partial charge on any atom is -0.489 e. The summed E-state index contributed by atoms with van der Waals surface area (Å²) in [6, 6.07) is 15.5. The van der Waals surface area contributed by atoms with E-state index in [9.17, 15) is 4.79 Å².